The number of hydrogen-bond donors (Lipinski definition) is 1. The molecule has 0 radical (unpaired) electrons. The summed E-state index contributed by atoms with van der Waals surface area (Å²) in [6, 6.07) is 4.85. The van der Waals surface area contributed by atoms with Crippen LogP contribution < -0.4 is 5.32 Å². The van der Waals surface area contributed by atoms with E-state index in [1.807, 2.05) is 6.20 Å². The fourth-order valence-electron chi connectivity index (χ4n) is 5.90. The summed E-state index contributed by atoms with van der Waals surface area (Å²) in [5, 5.41) is 3.64. The first-order chi connectivity index (χ1) is 9.29. The SMILES string of the molecule is CNC(c1cccnc1)C12CC3CC(CC(C3)C1)C2. The summed E-state index contributed by atoms with van der Waals surface area (Å²) in [5.41, 5.74) is 1.92. The van der Waals surface area contributed by atoms with Crippen molar-refractivity contribution >= 4 is 0 Å². The third-order valence-electron chi connectivity index (χ3n) is 6.00. The van der Waals surface area contributed by atoms with E-state index in [1.165, 1.54) is 44.1 Å². The zero-order chi connectivity index (χ0) is 12.9. The van der Waals surface area contributed by atoms with Gasteiger partial charge in [-0.3, -0.25) is 4.98 Å². The Hall–Kier alpha value is -0.890. The van der Waals surface area contributed by atoms with Crippen molar-refractivity contribution in [1.29, 1.82) is 0 Å². The van der Waals surface area contributed by atoms with Gasteiger partial charge in [-0.25, -0.2) is 0 Å². The van der Waals surface area contributed by atoms with E-state index in [2.05, 4.69) is 35.7 Å². The molecule has 1 aromatic rings. The largest absolute Gasteiger partial charge is 0.312 e. The van der Waals surface area contributed by atoms with Crippen molar-refractivity contribution in [3.8, 4) is 0 Å². The molecule has 0 spiro atoms. The van der Waals surface area contributed by atoms with Crippen molar-refractivity contribution in [2.24, 2.45) is 23.2 Å². The first-order valence-electron chi connectivity index (χ1n) is 7.86. The molecule has 0 saturated heterocycles. The van der Waals surface area contributed by atoms with E-state index < -0.39 is 0 Å². The molecule has 4 aliphatic rings. The second-order valence-corrected chi connectivity index (χ2v) is 7.29. The topological polar surface area (TPSA) is 24.9 Å². The number of aromatic nitrogens is 1. The van der Waals surface area contributed by atoms with Crippen LogP contribution in [0.25, 0.3) is 0 Å². The van der Waals surface area contributed by atoms with Gasteiger partial charge in [-0.15, -0.1) is 0 Å². The highest BCUT2D eigenvalue weighted by molar-refractivity contribution is 5.20. The third kappa shape index (κ3) is 1.84. The highest BCUT2D eigenvalue weighted by atomic mass is 14.9. The van der Waals surface area contributed by atoms with Gasteiger partial charge in [-0.05, 0) is 80.4 Å². The van der Waals surface area contributed by atoms with E-state index in [4.69, 9.17) is 0 Å². The fraction of sp³-hybridized carbons (Fsp3) is 0.706. The standard InChI is InChI=1S/C17H24N2/c1-18-16(15-3-2-4-19-11-15)17-8-12-5-13(9-17)7-14(6-12)10-17/h2-4,11-14,16,18H,5-10H2,1H3. The number of nitrogens with zero attached hydrogens (tertiary/aromatic N) is 1. The van der Waals surface area contributed by atoms with Crippen LogP contribution in [0.4, 0.5) is 0 Å². The van der Waals surface area contributed by atoms with Crippen LogP contribution in [-0.2, 0) is 0 Å². The van der Waals surface area contributed by atoms with Crippen LogP contribution >= 0.6 is 0 Å². The molecule has 4 bridgehead atoms. The Morgan fingerprint density at radius 3 is 2.26 bits per heavy atom. The normalized spacial score (nSPS) is 41.4. The first-order valence-corrected chi connectivity index (χ1v) is 7.86. The Balaban J connectivity index is 1.70. The summed E-state index contributed by atoms with van der Waals surface area (Å²) >= 11 is 0. The highest BCUT2D eigenvalue weighted by Gasteiger charge is 2.54. The summed E-state index contributed by atoms with van der Waals surface area (Å²) < 4.78 is 0. The minimum Gasteiger partial charge on any atom is -0.312 e. The van der Waals surface area contributed by atoms with Gasteiger partial charge in [0.05, 0.1) is 0 Å². The number of pyridine rings is 1. The maximum atomic E-state index is 4.34. The molecule has 1 atom stereocenters. The van der Waals surface area contributed by atoms with Crippen LogP contribution in [-0.4, -0.2) is 12.0 Å². The van der Waals surface area contributed by atoms with Crippen molar-refractivity contribution in [3.63, 3.8) is 0 Å². The van der Waals surface area contributed by atoms with Crippen LogP contribution in [0.3, 0.4) is 0 Å². The van der Waals surface area contributed by atoms with Crippen molar-refractivity contribution in [1.82, 2.24) is 10.3 Å². The molecule has 102 valence electrons. The van der Waals surface area contributed by atoms with Gasteiger partial charge in [-0.1, -0.05) is 6.07 Å². The first kappa shape index (κ1) is 11.9. The number of nitrogens with one attached hydrogen (secondary N) is 1. The molecule has 0 aliphatic heterocycles. The monoisotopic (exact) mass is 256 g/mol. The second kappa shape index (κ2) is 4.31. The van der Waals surface area contributed by atoms with Crippen LogP contribution in [0.1, 0.15) is 50.1 Å². The zero-order valence-electron chi connectivity index (χ0n) is 11.8. The van der Waals surface area contributed by atoms with Gasteiger partial charge in [0.1, 0.15) is 0 Å². The van der Waals surface area contributed by atoms with E-state index in [0.717, 1.165) is 17.8 Å². The van der Waals surface area contributed by atoms with Gasteiger partial charge in [0.25, 0.3) is 0 Å². The average Bonchev–Trinajstić information content (AvgIpc) is 2.38. The lowest BCUT2D eigenvalue weighted by Crippen LogP contribution is -2.51. The third-order valence-corrected chi connectivity index (χ3v) is 6.00. The van der Waals surface area contributed by atoms with Gasteiger partial charge in [-0.2, -0.15) is 0 Å². The van der Waals surface area contributed by atoms with Gasteiger partial charge in [0.2, 0.25) is 0 Å². The molecule has 5 rings (SSSR count). The fourth-order valence-corrected chi connectivity index (χ4v) is 5.90. The molecule has 0 aromatic carbocycles. The molecule has 4 saturated carbocycles. The molecule has 1 unspecified atom stereocenters. The molecule has 0 amide bonds. The Morgan fingerprint density at radius 1 is 1.16 bits per heavy atom. The maximum absolute atomic E-state index is 4.34. The van der Waals surface area contributed by atoms with E-state index in [0.29, 0.717) is 11.5 Å². The van der Waals surface area contributed by atoms with E-state index in [-0.39, 0.29) is 0 Å². The molecule has 4 aliphatic carbocycles. The maximum Gasteiger partial charge on any atom is 0.0390 e. The minimum atomic E-state index is 0.509. The number of hydrogen-bond acceptors (Lipinski definition) is 2. The Kier molecular flexibility index (Phi) is 2.70. The van der Waals surface area contributed by atoms with Gasteiger partial charge in [0, 0.05) is 18.4 Å². The number of rotatable bonds is 3. The van der Waals surface area contributed by atoms with Crippen molar-refractivity contribution in [2.45, 2.75) is 44.6 Å². The quantitative estimate of drug-likeness (QED) is 0.894. The molecule has 2 nitrogen and oxygen atoms in total. The molecule has 4 fully saturated rings. The lowest BCUT2D eigenvalue weighted by atomic mass is 9.47. The Bertz CT molecular complexity index is 418. The van der Waals surface area contributed by atoms with Gasteiger partial charge < -0.3 is 5.32 Å². The molecular weight excluding hydrogens is 232 g/mol. The summed E-state index contributed by atoms with van der Waals surface area (Å²) in [7, 11) is 2.14. The average molecular weight is 256 g/mol. The molecule has 1 N–H and O–H groups in total. The van der Waals surface area contributed by atoms with Crippen LogP contribution in [0.15, 0.2) is 24.5 Å². The predicted octanol–water partition coefficient (Wildman–Crippen LogP) is 3.56. The van der Waals surface area contributed by atoms with Crippen LogP contribution in [0, 0.1) is 23.2 Å². The summed E-state index contributed by atoms with van der Waals surface area (Å²) in [4.78, 5) is 4.34. The second-order valence-electron chi connectivity index (χ2n) is 7.29. The smallest absolute Gasteiger partial charge is 0.0390 e. The Morgan fingerprint density at radius 2 is 1.79 bits per heavy atom. The van der Waals surface area contributed by atoms with E-state index in [1.54, 1.807) is 0 Å². The highest BCUT2D eigenvalue weighted by Crippen LogP contribution is 2.63. The molecular formula is C17H24N2. The van der Waals surface area contributed by atoms with E-state index >= 15 is 0 Å². The van der Waals surface area contributed by atoms with Crippen LogP contribution in [0.5, 0.6) is 0 Å². The predicted molar refractivity (Wildman–Crippen MR) is 76.6 cm³/mol. The summed E-state index contributed by atoms with van der Waals surface area (Å²) in [5.74, 6) is 3.04. The molecule has 2 heteroatoms. The lowest BCUT2D eigenvalue weighted by molar-refractivity contribution is -0.0736. The van der Waals surface area contributed by atoms with Gasteiger partial charge in [0.15, 0.2) is 0 Å². The summed E-state index contributed by atoms with van der Waals surface area (Å²) in [6.45, 7) is 0. The summed E-state index contributed by atoms with van der Waals surface area (Å²) in [6.07, 6.45) is 12.8. The van der Waals surface area contributed by atoms with E-state index in [9.17, 15) is 0 Å². The van der Waals surface area contributed by atoms with Crippen molar-refractivity contribution < 1.29 is 0 Å². The Labute approximate surface area is 116 Å². The zero-order valence-corrected chi connectivity index (χ0v) is 11.8. The molecule has 19 heavy (non-hydrogen) atoms. The molecule has 1 heterocycles. The van der Waals surface area contributed by atoms with Crippen molar-refractivity contribution in [2.75, 3.05) is 7.05 Å². The van der Waals surface area contributed by atoms with Crippen molar-refractivity contribution in [3.05, 3.63) is 30.1 Å². The molecule has 1 aromatic heterocycles. The van der Waals surface area contributed by atoms with Crippen LogP contribution in [0.2, 0.25) is 0 Å². The lowest BCUT2D eigenvalue weighted by Gasteiger charge is -2.59. The van der Waals surface area contributed by atoms with Gasteiger partial charge >= 0.3 is 0 Å². The minimum absolute atomic E-state index is 0.509.